The molecule has 0 bridgehead atoms. The second-order valence-electron chi connectivity index (χ2n) is 6.80. The summed E-state index contributed by atoms with van der Waals surface area (Å²) in [5.41, 5.74) is 2.04. The van der Waals surface area contributed by atoms with Crippen molar-refractivity contribution in [2.24, 2.45) is 0 Å². The summed E-state index contributed by atoms with van der Waals surface area (Å²) in [4.78, 5) is 12.7. The first kappa shape index (κ1) is 18.7. The maximum atomic E-state index is 13.3. The normalized spacial score (nSPS) is 15.5. The molecule has 3 aromatic rings. The predicted molar refractivity (Wildman–Crippen MR) is 108 cm³/mol. The molecule has 0 amide bonds. The third-order valence-electron chi connectivity index (χ3n) is 5.02. The molecule has 1 atom stereocenters. The van der Waals surface area contributed by atoms with Gasteiger partial charge >= 0.3 is 0 Å². The van der Waals surface area contributed by atoms with Crippen LogP contribution >= 0.6 is 0 Å². The van der Waals surface area contributed by atoms with E-state index in [-0.39, 0.29) is 17.1 Å². The van der Waals surface area contributed by atoms with Crippen molar-refractivity contribution in [1.82, 2.24) is 0 Å². The number of para-hydroxylation sites is 1. The van der Waals surface area contributed by atoms with Crippen molar-refractivity contribution >= 4 is 11.5 Å². The minimum absolute atomic E-state index is 0.187. The lowest BCUT2D eigenvalue weighted by atomic mass is 9.79. The van der Waals surface area contributed by atoms with Crippen LogP contribution in [0.5, 0.6) is 17.2 Å². The van der Waals surface area contributed by atoms with E-state index in [4.69, 9.17) is 9.47 Å². The highest BCUT2D eigenvalue weighted by Crippen LogP contribution is 2.49. The molecule has 0 unspecified atom stereocenters. The number of carbonyl (C=O) groups is 1. The number of hydrogen-bond donors (Lipinski definition) is 1. The van der Waals surface area contributed by atoms with E-state index in [1.54, 1.807) is 25.3 Å². The van der Waals surface area contributed by atoms with Crippen molar-refractivity contribution < 1.29 is 23.8 Å². The highest BCUT2D eigenvalue weighted by Gasteiger charge is 2.34. The van der Waals surface area contributed by atoms with Crippen molar-refractivity contribution in [3.05, 3.63) is 94.8 Å². The molecule has 1 N–H and O–H groups in total. The van der Waals surface area contributed by atoms with E-state index >= 15 is 0 Å². The molecule has 146 valence electrons. The van der Waals surface area contributed by atoms with Crippen LogP contribution in [0.1, 0.15) is 29.5 Å². The predicted octanol–water partition coefficient (Wildman–Crippen LogP) is 5.63. The molecule has 0 aliphatic carbocycles. The standard InChI is InChI=1S/C24H19FO4/c1-14(26)22(24(27)15-7-9-16(25)10-8-15)23-18-5-3-4-6-20(18)29-21-12-11-17(28-2)13-19(21)23/h3-13,23,27H,1-2H3/b24-22+/t23-/m1/s1. The van der Waals surface area contributed by atoms with Crippen molar-refractivity contribution in [1.29, 1.82) is 0 Å². The van der Waals surface area contributed by atoms with Crippen LogP contribution in [0.15, 0.2) is 72.3 Å². The smallest absolute Gasteiger partial charge is 0.160 e. The summed E-state index contributed by atoms with van der Waals surface area (Å²) in [5.74, 6) is 0.349. The molecule has 0 fully saturated rings. The molecule has 1 aliphatic rings. The average Bonchev–Trinajstić information content (AvgIpc) is 2.73. The Labute approximate surface area is 167 Å². The monoisotopic (exact) mass is 390 g/mol. The number of fused-ring (bicyclic) bond motifs is 2. The van der Waals surface area contributed by atoms with E-state index in [2.05, 4.69) is 0 Å². The fourth-order valence-corrected chi connectivity index (χ4v) is 3.65. The highest BCUT2D eigenvalue weighted by atomic mass is 19.1. The molecular formula is C24H19FO4. The molecule has 0 aromatic heterocycles. The summed E-state index contributed by atoms with van der Waals surface area (Å²) in [7, 11) is 1.56. The van der Waals surface area contributed by atoms with Crippen molar-refractivity contribution in [3.8, 4) is 17.2 Å². The molecule has 1 aliphatic heterocycles. The number of benzene rings is 3. The number of allylic oxidation sites excluding steroid dienone is 1. The van der Waals surface area contributed by atoms with Crippen LogP contribution in [0.2, 0.25) is 0 Å². The Bertz CT molecular complexity index is 1120. The zero-order chi connectivity index (χ0) is 20.5. The molecule has 0 saturated carbocycles. The number of halogens is 1. The summed E-state index contributed by atoms with van der Waals surface area (Å²) in [6, 6.07) is 18.1. The van der Waals surface area contributed by atoms with Gasteiger partial charge in [-0.05, 0) is 55.5 Å². The minimum Gasteiger partial charge on any atom is -0.507 e. The summed E-state index contributed by atoms with van der Waals surface area (Å²) >= 11 is 0. The topological polar surface area (TPSA) is 55.8 Å². The number of ketones is 1. The number of ether oxygens (including phenoxy) is 2. The maximum absolute atomic E-state index is 13.3. The average molecular weight is 390 g/mol. The van der Waals surface area contributed by atoms with E-state index in [9.17, 15) is 14.3 Å². The number of aliphatic hydroxyl groups is 1. The SMILES string of the molecule is COc1ccc2c(c1)[C@H](/C(C(C)=O)=C(/O)c1ccc(F)cc1)c1ccccc1O2. The first-order valence-electron chi connectivity index (χ1n) is 9.14. The number of rotatable bonds is 4. The zero-order valence-corrected chi connectivity index (χ0v) is 16.0. The van der Waals surface area contributed by atoms with Gasteiger partial charge in [-0.2, -0.15) is 0 Å². The lowest BCUT2D eigenvalue weighted by Crippen LogP contribution is -2.18. The van der Waals surface area contributed by atoms with Gasteiger partial charge in [0.2, 0.25) is 0 Å². The molecule has 4 rings (SSSR count). The Balaban J connectivity index is 1.99. The van der Waals surface area contributed by atoms with Crippen LogP contribution in [0.3, 0.4) is 0 Å². The fourth-order valence-electron chi connectivity index (χ4n) is 3.65. The van der Waals surface area contributed by atoms with Gasteiger partial charge in [-0.1, -0.05) is 18.2 Å². The molecule has 0 saturated heterocycles. The number of Topliss-reactive ketones (excluding diaryl/α,β-unsaturated/α-hetero) is 1. The summed E-state index contributed by atoms with van der Waals surface area (Å²) < 4.78 is 24.7. The Morgan fingerprint density at radius 2 is 1.69 bits per heavy atom. The fraction of sp³-hybridized carbons (Fsp3) is 0.125. The van der Waals surface area contributed by atoms with Gasteiger partial charge in [0.1, 0.15) is 28.8 Å². The van der Waals surface area contributed by atoms with Gasteiger partial charge in [-0.25, -0.2) is 4.39 Å². The van der Waals surface area contributed by atoms with E-state index in [1.165, 1.54) is 31.2 Å². The number of carbonyl (C=O) groups excluding carboxylic acids is 1. The van der Waals surface area contributed by atoms with Crippen LogP contribution in [-0.2, 0) is 4.79 Å². The molecule has 5 heteroatoms. The zero-order valence-electron chi connectivity index (χ0n) is 16.0. The van der Waals surface area contributed by atoms with Gasteiger partial charge < -0.3 is 14.6 Å². The second kappa shape index (κ2) is 7.43. The van der Waals surface area contributed by atoms with E-state index in [0.29, 0.717) is 28.4 Å². The maximum Gasteiger partial charge on any atom is 0.160 e. The third kappa shape index (κ3) is 3.36. The number of methoxy groups -OCH3 is 1. The van der Waals surface area contributed by atoms with E-state index in [0.717, 1.165) is 5.56 Å². The van der Waals surface area contributed by atoms with Gasteiger partial charge in [-0.3, -0.25) is 4.79 Å². The molecule has 0 spiro atoms. The molecule has 4 nitrogen and oxygen atoms in total. The van der Waals surface area contributed by atoms with Gasteiger partial charge in [0.05, 0.1) is 7.11 Å². The Kier molecular flexibility index (Phi) is 4.80. The molecule has 29 heavy (non-hydrogen) atoms. The van der Waals surface area contributed by atoms with Crippen LogP contribution in [0.4, 0.5) is 4.39 Å². The van der Waals surface area contributed by atoms with E-state index < -0.39 is 11.7 Å². The van der Waals surface area contributed by atoms with Crippen molar-refractivity contribution in [2.45, 2.75) is 12.8 Å². The van der Waals surface area contributed by atoms with Crippen LogP contribution in [0.25, 0.3) is 5.76 Å². The van der Waals surface area contributed by atoms with Gasteiger partial charge in [0, 0.05) is 28.2 Å². The quantitative estimate of drug-likeness (QED) is 0.463. The second-order valence-corrected chi connectivity index (χ2v) is 6.80. The van der Waals surface area contributed by atoms with Crippen LogP contribution in [0, 0.1) is 5.82 Å². The van der Waals surface area contributed by atoms with Gasteiger partial charge in [-0.15, -0.1) is 0 Å². The number of hydrogen-bond acceptors (Lipinski definition) is 4. The third-order valence-corrected chi connectivity index (χ3v) is 5.02. The molecular weight excluding hydrogens is 371 g/mol. The minimum atomic E-state index is -0.562. The van der Waals surface area contributed by atoms with Crippen LogP contribution in [-0.4, -0.2) is 18.0 Å². The Morgan fingerprint density at radius 1 is 1.00 bits per heavy atom. The number of aliphatic hydroxyl groups excluding tert-OH is 1. The lowest BCUT2D eigenvalue weighted by molar-refractivity contribution is -0.113. The van der Waals surface area contributed by atoms with Crippen molar-refractivity contribution in [2.75, 3.05) is 7.11 Å². The molecule has 1 heterocycles. The summed E-state index contributed by atoms with van der Waals surface area (Å²) in [6.45, 7) is 1.41. The van der Waals surface area contributed by atoms with Gasteiger partial charge in [0.25, 0.3) is 0 Å². The first-order chi connectivity index (χ1) is 14.0. The summed E-state index contributed by atoms with van der Waals surface area (Å²) in [6.07, 6.45) is 0. The van der Waals surface area contributed by atoms with Crippen LogP contribution < -0.4 is 9.47 Å². The Hall–Kier alpha value is -3.60. The molecule has 3 aromatic carbocycles. The van der Waals surface area contributed by atoms with Gasteiger partial charge in [0.15, 0.2) is 5.78 Å². The van der Waals surface area contributed by atoms with Crippen molar-refractivity contribution in [3.63, 3.8) is 0 Å². The van der Waals surface area contributed by atoms with E-state index in [1.807, 2.05) is 24.3 Å². The largest absolute Gasteiger partial charge is 0.507 e. The Morgan fingerprint density at radius 3 is 2.38 bits per heavy atom. The first-order valence-corrected chi connectivity index (χ1v) is 9.14. The summed E-state index contributed by atoms with van der Waals surface area (Å²) in [5, 5.41) is 11.0. The molecule has 0 radical (unpaired) electrons. The highest BCUT2D eigenvalue weighted by molar-refractivity contribution is 6.02. The lowest BCUT2D eigenvalue weighted by Gasteiger charge is -2.30.